The molecule has 4 heteroatoms. The van der Waals surface area contributed by atoms with Gasteiger partial charge in [0, 0.05) is 16.4 Å². The van der Waals surface area contributed by atoms with E-state index in [1.165, 1.54) is 5.56 Å². The number of pyridine rings is 1. The highest BCUT2D eigenvalue weighted by molar-refractivity contribution is 9.10. The third-order valence-electron chi connectivity index (χ3n) is 2.69. The summed E-state index contributed by atoms with van der Waals surface area (Å²) in [7, 11) is 0. The lowest BCUT2D eigenvalue weighted by Gasteiger charge is -2.11. The molecule has 0 fully saturated rings. The van der Waals surface area contributed by atoms with E-state index in [-0.39, 0.29) is 0 Å². The summed E-state index contributed by atoms with van der Waals surface area (Å²) in [6, 6.07) is 5.94. The number of aromatic nitrogens is 1. The summed E-state index contributed by atoms with van der Waals surface area (Å²) in [6.45, 7) is 5.05. The Bertz CT molecular complexity index is 555. The molecular weight excluding hydrogens is 300 g/mol. The van der Waals surface area contributed by atoms with Gasteiger partial charge in [-0.25, -0.2) is 4.98 Å². The van der Waals surface area contributed by atoms with Crippen LogP contribution in [0.5, 0.6) is 0 Å². The first-order valence-electron chi connectivity index (χ1n) is 5.68. The van der Waals surface area contributed by atoms with Crippen molar-refractivity contribution in [3.63, 3.8) is 0 Å². The first-order valence-corrected chi connectivity index (χ1v) is 6.86. The lowest BCUT2D eigenvalue weighted by Crippen LogP contribution is -2.03. The first kappa shape index (κ1) is 12.7. The van der Waals surface area contributed by atoms with Crippen LogP contribution in [0.4, 0.5) is 5.82 Å². The lowest BCUT2D eigenvalue weighted by atomic mass is 10.1. The SMILES string of the molecule is CCNc1nc2c(Br)ccc(Cl)c2cc1CC. The van der Waals surface area contributed by atoms with E-state index in [0.717, 1.165) is 39.2 Å². The summed E-state index contributed by atoms with van der Waals surface area (Å²) in [5.74, 6) is 0.950. The Morgan fingerprint density at radius 1 is 1.35 bits per heavy atom. The highest BCUT2D eigenvalue weighted by Crippen LogP contribution is 2.31. The zero-order valence-electron chi connectivity index (χ0n) is 9.85. The van der Waals surface area contributed by atoms with Crippen molar-refractivity contribution in [1.29, 1.82) is 0 Å². The van der Waals surface area contributed by atoms with Gasteiger partial charge in [0.15, 0.2) is 0 Å². The number of rotatable bonds is 3. The van der Waals surface area contributed by atoms with Gasteiger partial charge in [-0.2, -0.15) is 0 Å². The van der Waals surface area contributed by atoms with E-state index in [4.69, 9.17) is 11.6 Å². The predicted octanol–water partition coefficient (Wildman–Crippen LogP) is 4.64. The zero-order chi connectivity index (χ0) is 12.4. The highest BCUT2D eigenvalue weighted by Gasteiger charge is 2.09. The molecule has 1 heterocycles. The number of benzene rings is 1. The summed E-state index contributed by atoms with van der Waals surface area (Å²) in [4.78, 5) is 4.65. The fourth-order valence-electron chi connectivity index (χ4n) is 1.82. The minimum absolute atomic E-state index is 0.744. The lowest BCUT2D eigenvalue weighted by molar-refractivity contribution is 1.08. The third kappa shape index (κ3) is 2.40. The molecule has 17 heavy (non-hydrogen) atoms. The van der Waals surface area contributed by atoms with Gasteiger partial charge in [-0.3, -0.25) is 0 Å². The minimum atomic E-state index is 0.744. The Morgan fingerprint density at radius 3 is 2.76 bits per heavy atom. The normalized spacial score (nSPS) is 10.8. The minimum Gasteiger partial charge on any atom is -0.370 e. The quantitative estimate of drug-likeness (QED) is 0.892. The van der Waals surface area contributed by atoms with Crippen molar-refractivity contribution in [2.45, 2.75) is 20.3 Å². The molecular formula is C13H14BrClN2. The van der Waals surface area contributed by atoms with Crippen molar-refractivity contribution in [3.05, 3.63) is 33.3 Å². The Labute approximate surface area is 115 Å². The van der Waals surface area contributed by atoms with Gasteiger partial charge >= 0.3 is 0 Å². The molecule has 0 spiro atoms. The molecule has 2 aromatic rings. The molecule has 0 saturated heterocycles. The molecule has 0 amide bonds. The van der Waals surface area contributed by atoms with Gasteiger partial charge in [-0.1, -0.05) is 18.5 Å². The van der Waals surface area contributed by atoms with Crippen molar-refractivity contribution in [1.82, 2.24) is 4.98 Å². The maximum Gasteiger partial charge on any atom is 0.129 e. The summed E-state index contributed by atoms with van der Waals surface area (Å²) in [5, 5.41) is 5.03. The van der Waals surface area contributed by atoms with Gasteiger partial charge in [0.1, 0.15) is 5.82 Å². The largest absolute Gasteiger partial charge is 0.370 e. The van der Waals surface area contributed by atoms with Crippen LogP contribution in [-0.2, 0) is 6.42 Å². The van der Waals surface area contributed by atoms with Crippen molar-refractivity contribution in [3.8, 4) is 0 Å². The van der Waals surface area contributed by atoms with Gasteiger partial charge in [0.25, 0.3) is 0 Å². The van der Waals surface area contributed by atoms with E-state index in [0.29, 0.717) is 0 Å². The van der Waals surface area contributed by atoms with Gasteiger partial charge in [0.05, 0.1) is 10.5 Å². The number of nitrogens with one attached hydrogen (secondary N) is 1. The topological polar surface area (TPSA) is 24.9 Å². The fourth-order valence-corrected chi connectivity index (χ4v) is 2.47. The molecule has 1 aromatic heterocycles. The number of aryl methyl sites for hydroxylation is 1. The van der Waals surface area contributed by atoms with Crippen molar-refractivity contribution in [2.75, 3.05) is 11.9 Å². The van der Waals surface area contributed by atoms with Crippen LogP contribution in [0.25, 0.3) is 10.9 Å². The van der Waals surface area contributed by atoms with Crippen LogP contribution in [0.3, 0.4) is 0 Å². The average Bonchev–Trinajstić information content (AvgIpc) is 2.34. The van der Waals surface area contributed by atoms with Crippen molar-refractivity contribution in [2.24, 2.45) is 0 Å². The number of halogens is 2. The summed E-state index contributed by atoms with van der Waals surface area (Å²) in [5.41, 5.74) is 2.10. The molecule has 2 rings (SSSR count). The second kappa shape index (κ2) is 5.23. The van der Waals surface area contributed by atoms with E-state index in [2.05, 4.69) is 46.1 Å². The number of hydrogen-bond acceptors (Lipinski definition) is 2. The monoisotopic (exact) mass is 312 g/mol. The molecule has 2 nitrogen and oxygen atoms in total. The molecule has 0 saturated carbocycles. The molecule has 0 bridgehead atoms. The van der Waals surface area contributed by atoms with E-state index in [9.17, 15) is 0 Å². The molecule has 0 unspecified atom stereocenters. The Morgan fingerprint density at radius 2 is 2.12 bits per heavy atom. The third-order valence-corrected chi connectivity index (χ3v) is 3.66. The van der Waals surface area contributed by atoms with Crippen LogP contribution in [0.15, 0.2) is 22.7 Å². The maximum absolute atomic E-state index is 6.21. The molecule has 0 aliphatic heterocycles. The van der Waals surface area contributed by atoms with Crippen LogP contribution < -0.4 is 5.32 Å². The van der Waals surface area contributed by atoms with Crippen LogP contribution in [0.1, 0.15) is 19.4 Å². The number of anilines is 1. The van der Waals surface area contributed by atoms with Gasteiger partial charge in [-0.15, -0.1) is 0 Å². The second-order valence-electron chi connectivity index (χ2n) is 3.81. The molecule has 0 atom stereocenters. The van der Waals surface area contributed by atoms with Crippen molar-refractivity contribution >= 4 is 44.3 Å². The summed E-state index contributed by atoms with van der Waals surface area (Å²) >= 11 is 9.72. The maximum atomic E-state index is 6.21. The molecule has 1 aromatic carbocycles. The molecule has 0 radical (unpaired) electrons. The highest BCUT2D eigenvalue weighted by atomic mass is 79.9. The number of fused-ring (bicyclic) bond motifs is 1. The van der Waals surface area contributed by atoms with E-state index >= 15 is 0 Å². The zero-order valence-corrected chi connectivity index (χ0v) is 12.2. The van der Waals surface area contributed by atoms with Crippen LogP contribution in [0, 0.1) is 0 Å². The Kier molecular flexibility index (Phi) is 3.89. The molecule has 0 aliphatic rings. The van der Waals surface area contributed by atoms with E-state index in [1.54, 1.807) is 0 Å². The van der Waals surface area contributed by atoms with Crippen LogP contribution in [0.2, 0.25) is 5.02 Å². The van der Waals surface area contributed by atoms with E-state index in [1.807, 2.05) is 12.1 Å². The molecule has 1 N–H and O–H groups in total. The number of hydrogen-bond donors (Lipinski definition) is 1. The van der Waals surface area contributed by atoms with Crippen LogP contribution >= 0.6 is 27.5 Å². The fraction of sp³-hybridized carbons (Fsp3) is 0.308. The molecule has 90 valence electrons. The number of nitrogens with zero attached hydrogens (tertiary/aromatic N) is 1. The Hall–Kier alpha value is -0.800. The van der Waals surface area contributed by atoms with Crippen LogP contribution in [-0.4, -0.2) is 11.5 Å². The summed E-state index contributed by atoms with van der Waals surface area (Å²) in [6.07, 6.45) is 0.939. The van der Waals surface area contributed by atoms with Gasteiger partial charge in [-0.05, 0) is 53.0 Å². The molecule has 0 aliphatic carbocycles. The van der Waals surface area contributed by atoms with Gasteiger partial charge < -0.3 is 5.32 Å². The summed E-state index contributed by atoms with van der Waals surface area (Å²) < 4.78 is 0.971. The second-order valence-corrected chi connectivity index (χ2v) is 5.07. The standard InChI is InChI=1S/C13H14BrClN2/c1-3-8-7-9-11(15)6-5-10(14)12(9)17-13(8)16-4-2/h5-7H,3-4H2,1-2H3,(H,16,17). The predicted molar refractivity (Wildman–Crippen MR) is 78.0 cm³/mol. The first-order chi connectivity index (χ1) is 8.17. The van der Waals surface area contributed by atoms with Gasteiger partial charge in [0.2, 0.25) is 0 Å². The van der Waals surface area contributed by atoms with Crippen molar-refractivity contribution < 1.29 is 0 Å². The Balaban J connectivity index is 2.73. The average molecular weight is 314 g/mol. The smallest absolute Gasteiger partial charge is 0.129 e. The van der Waals surface area contributed by atoms with E-state index < -0.39 is 0 Å².